The van der Waals surface area contributed by atoms with Gasteiger partial charge in [-0.3, -0.25) is 9.59 Å². The Morgan fingerprint density at radius 1 is 1.00 bits per heavy atom. The zero-order chi connectivity index (χ0) is 12.0. The summed E-state index contributed by atoms with van der Waals surface area (Å²) in [4.78, 5) is 22.9. The van der Waals surface area contributed by atoms with E-state index in [0.29, 0.717) is 0 Å². The largest absolute Gasteiger partial charge is 0.505 e. The summed E-state index contributed by atoms with van der Waals surface area (Å²) in [5.41, 5.74) is 4.43. The van der Waals surface area contributed by atoms with Gasteiger partial charge in [-0.15, -0.1) is 0 Å². The van der Waals surface area contributed by atoms with E-state index in [1.807, 2.05) is 0 Å². The summed E-state index contributed by atoms with van der Waals surface area (Å²) in [6, 6.07) is 0. The molecule has 1 aromatic carbocycles. The number of carbonyl (C=O) groups excluding carboxylic acids is 2. The third kappa shape index (κ3) is 1.18. The summed E-state index contributed by atoms with van der Waals surface area (Å²) in [6.07, 6.45) is 1.99. The molecular formula is C10H6ClNO4. The lowest BCUT2D eigenvalue weighted by Crippen LogP contribution is -2.13. The van der Waals surface area contributed by atoms with Gasteiger partial charge >= 0.3 is 0 Å². The molecule has 0 aromatic heterocycles. The normalized spacial score (nSPS) is 14.1. The van der Waals surface area contributed by atoms with Crippen molar-refractivity contribution in [3.63, 3.8) is 0 Å². The van der Waals surface area contributed by atoms with Gasteiger partial charge in [-0.05, 0) is 12.2 Å². The van der Waals surface area contributed by atoms with Gasteiger partial charge in [0.25, 0.3) is 0 Å². The molecule has 0 radical (unpaired) electrons. The second-order valence-corrected chi connectivity index (χ2v) is 3.61. The van der Waals surface area contributed by atoms with Crippen LogP contribution < -0.4 is 5.73 Å². The van der Waals surface area contributed by atoms with Crippen molar-refractivity contribution < 1.29 is 19.8 Å². The third-order valence-electron chi connectivity index (χ3n) is 2.30. The Hall–Kier alpha value is -2.01. The second kappa shape index (κ2) is 3.24. The van der Waals surface area contributed by atoms with Crippen molar-refractivity contribution in [1.29, 1.82) is 0 Å². The molecule has 6 heteroatoms. The number of anilines is 1. The molecule has 0 fully saturated rings. The summed E-state index contributed by atoms with van der Waals surface area (Å²) < 4.78 is 0. The Kier molecular flexibility index (Phi) is 2.13. The molecular weight excluding hydrogens is 234 g/mol. The van der Waals surface area contributed by atoms with Crippen LogP contribution >= 0.6 is 11.6 Å². The van der Waals surface area contributed by atoms with Crippen molar-refractivity contribution in [3.05, 3.63) is 28.3 Å². The number of carbonyl (C=O) groups is 2. The number of hydrogen-bond acceptors (Lipinski definition) is 5. The first-order chi connectivity index (χ1) is 7.45. The van der Waals surface area contributed by atoms with E-state index in [9.17, 15) is 19.8 Å². The van der Waals surface area contributed by atoms with Crippen LogP contribution in [-0.4, -0.2) is 21.8 Å². The number of phenols is 2. The fourth-order valence-corrected chi connectivity index (χ4v) is 1.69. The van der Waals surface area contributed by atoms with Gasteiger partial charge in [0.1, 0.15) is 10.8 Å². The highest BCUT2D eigenvalue weighted by Gasteiger charge is 2.30. The number of aromatic hydroxyl groups is 2. The molecule has 4 N–H and O–H groups in total. The van der Waals surface area contributed by atoms with E-state index < -0.39 is 23.1 Å². The van der Waals surface area contributed by atoms with Crippen LogP contribution in [0.2, 0.25) is 5.02 Å². The van der Waals surface area contributed by atoms with Gasteiger partial charge in [0.2, 0.25) is 0 Å². The van der Waals surface area contributed by atoms with Crippen molar-refractivity contribution in [2.45, 2.75) is 0 Å². The standard InChI is InChI=1S/C10H6ClNO4/c11-7-8(12)10(16)6-4(14)2-1-3(13)5(6)9(7)15/h1-2,15-16H,12H2. The van der Waals surface area contributed by atoms with Crippen molar-refractivity contribution >= 4 is 28.9 Å². The van der Waals surface area contributed by atoms with Gasteiger partial charge < -0.3 is 15.9 Å². The SMILES string of the molecule is Nc1c(O)c2c(c(O)c1Cl)C(=O)C=CC2=O. The van der Waals surface area contributed by atoms with Crippen LogP contribution in [0.1, 0.15) is 20.7 Å². The fraction of sp³-hybridized carbons (Fsp3) is 0. The van der Waals surface area contributed by atoms with E-state index in [-0.39, 0.29) is 21.8 Å². The van der Waals surface area contributed by atoms with Crippen LogP contribution in [0.25, 0.3) is 0 Å². The highest BCUT2D eigenvalue weighted by atomic mass is 35.5. The Morgan fingerprint density at radius 2 is 1.44 bits per heavy atom. The lowest BCUT2D eigenvalue weighted by molar-refractivity contribution is 0.0989. The maximum atomic E-state index is 11.5. The maximum absolute atomic E-state index is 11.5. The van der Waals surface area contributed by atoms with Gasteiger partial charge in [-0.1, -0.05) is 11.6 Å². The molecule has 2 rings (SSSR count). The second-order valence-electron chi connectivity index (χ2n) is 3.24. The number of phenolic OH excluding ortho intramolecular Hbond substituents is 2. The Balaban J connectivity index is 2.94. The van der Waals surface area contributed by atoms with E-state index >= 15 is 0 Å². The van der Waals surface area contributed by atoms with E-state index in [4.69, 9.17) is 17.3 Å². The Morgan fingerprint density at radius 3 is 1.94 bits per heavy atom. The predicted molar refractivity (Wildman–Crippen MR) is 57.0 cm³/mol. The van der Waals surface area contributed by atoms with Gasteiger partial charge in [0.15, 0.2) is 17.3 Å². The Bertz CT molecular complexity index is 514. The topological polar surface area (TPSA) is 101 Å². The molecule has 0 aliphatic heterocycles. The molecule has 0 saturated heterocycles. The summed E-state index contributed by atoms with van der Waals surface area (Å²) >= 11 is 5.61. The average Bonchev–Trinajstić information content (AvgIpc) is 2.26. The molecule has 0 unspecified atom stereocenters. The van der Waals surface area contributed by atoms with Crippen LogP contribution in [0.3, 0.4) is 0 Å². The van der Waals surface area contributed by atoms with Gasteiger partial charge in [0, 0.05) is 0 Å². The van der Waals surface area contributed by atoms with Crippen LogP contribution in [0.4, 0.5) is 5.69 Å². The first-order valence-corrected chi connectivity index (χ1v) is 4.62. The monoisotopic (exact) mass is 239 g/mol. The average molecular weight is 240 g/mol. The molecule has 5 nitrogen and oxygen atoms in total. The van der Waals surface area contributed by atoms with Crippen molar-refractivity contribution in [1.82, 2.24) is 0 Å². The Labute approximate surface area is 94.8 Å². The number of halogens is 1. The smallest absolute Gasteiger partial charge is 0.190 e. The fourth-order valence-electron chi connectivity index (χ4n) is 1.51. The number of allylic oxidation sites excluding steroid dienone is 2. The molecule has 0 amide bonds. The minimum atomic E-state index is -0.607. The molecule has 0 atom stereocenters. The van der Waals surface area contributed by atoms with Crippen molar-refractivity contribution in [3.8, 4) is 11.5 Å². The number of nitrogen functional groups attached to an aromatic ring is 1. The summed E-state index contributed by atoms with van der Waals surface area (Å²) in [5, 5.41) is 18.9. The summed E-state index contributed by atoms with van der Waals surface area (Å²) in [5.74, 6) is -2.38. The lowest BCUT2D eigenvalue weighted by Gasteiger charge is -2.15. The molecule has 1 aliphatic rings. The highest BCUT2D eigenvalue weighted by molar-refractivity contribution is 6.37. The number of ketones is 2. The zero-order valence-corrected chi connectivity index (χ0v) is 8.58. The minimum absolute atomic E-state index is 0.313. The van der Waals surface area contributed by atoms with Gasteiger partial charge in [-0.2, -0.15) is 0 Å². The predicted octanol–water partition coefficient (Wildman–Crippen LogP) is 1.27. The number of rotatable bonds is 0. The maximum Gasteiger partial charge on any atom is 0.190 e. The van der Waals surface area contributed by atoms with Crippen molar-refractivity contribution in [2.24, 2.45) is 0 Å². The van der Waals surface area contributed by atoms with Crippen LogP contribution in [-0.2, 0) is 0 Å². The van der Waals surface area contributed by atoms with Crippen LogP contribution in [0.15, 0.2) is 12.2 Å². The number of nitrogens with two attached hydrogens (primary N) is 1. The molecule has 0 spiro atoms. The first-order valence-electron chi connectivity index (χ1n) is 4.24. The van der Waals surface area contributed by atoms with Gasteiger partial charge in [0.05, 0.1) is 16.8 Å². The third-order valence-corrected chi connectivity index (χ3v) is 2.68. The van der Waals surface area contributed by atoms with E-state index in [0.717, 1.165) is 12.2 Å². The molecule has 0 heterocycles. The quantitative estimate of drug-likeness (QED) is 0.360. The molecule has 0 saturated carbocycles. The van der Waals surface area contributed by atoms with E-state index in [2.05, 4.69) is 0 Å². The molecule has 1 aliphatic carbocycles. The zero-order valence-electron chi connectivity index (χ0n) is 7.82. The lowest BCUT2D eigenvalue weighted by atomic mass is 9.92. The summed E-state index contributed by atoms with van der Waals surface area (Å²) in [6.45, 7) is 0. The highest BCUT2D eigenvalue weighted by Crippen LogP contribution is 2.44. The first kappa shape index (κ1) is 10.5. The van der Waals surface area contributed by atoms with Gasteiger partial charge in [-0.25, -0.2) is 0 Å². The number of fused-ring (bicyclic) bond motifs is 1. The van der Waals surface area contributed by atoms with E-state index in [1.165, 1.54) is 0 Å². The van der Waals surface area contributed by atoms with Crippen LogP contribution in [0, 0.1) is 0 Å². The van der Waals surface area contributed by atoms with Crippen LogP contribution in [0.5, 0.6) is 11.5 Å². The molecule has 82 valence electrons. The molecule has 16 heavy (non-hydrogen) atoms. The summed E-state index contributed by atoms with van der Waals surface area (Å²) in [7, 11) is 0. The number of hydrogen-bond donors (Lipinski definition) is 3. The minimum Gasteiger partial charge on any atom is -0.505 e. The molecule has 0 bridgehead atoms. The molecule has 1 aromatic rings. The number of benzene rings is 1. The van der Waals surface area contributed by atoms with Crippen molar-refractivity contribution in [2.75, 3.05) is 5.73 Å². The van der Waals surface area contributed by atoms with E-state index in [1.54, 1.807) is 0 Å².